The lowest BCUT2D eigenvalue weighted by Crippen LogP contribution is -2.48. The Balaban J connectivity index is 1.90. The van der Waals surface area contributed by atoms with Gasteiger partial charge in [-0.25, -0.2) is 8.78 Å². The van der Waals surface area contributed by atoms with Crippen LogP contribution in [-0.4, -0.2) is 35.2 Å². The van der Waals surface area contributed by atoms with Crippen LogP contribution in [0.5, 0.6) is 0 Å². The summed E-state index contributed by atoms with van der Waals surface area (Å²) in [6, 6.07) is 2.60. The van der Waals surface area contributed by atoms with E-state index in [1.807, 2.05) is 0 Å². The Morgan fingerprint density at radius 3 is 2.95 bits per heavy atom. The average Bonchev–Trinajstić information content (AvgIpc) is 2.81. The van der Waals surface area contributed by atoms with E-state index in [4.69, 9.17) is 0 Å². The molecular weight excluding hydrogens is 316 g/mol. The highest BCUT2D eigenvalue weighted by molar-refractivity contribution is 9.10. The van der Waals surface area contributed by atoms with Gasteiger partial charge in [-0.1, -0.05) is 0 Å². The summed E-state index contributed by atoms with van der Waals surface area (Å²) in [5.74, 6) is -1.04. The van der Waals surface area contributed by atoms with Gasteiger partial charge in [0.25, 0.3) is 0 Å². The zero-order valence-electron chi connectivity index (χ0n) is 10.5. The Kier molecular flexibility index (Phi) is 3.39. The topological polar surface area (TPSA) is 23.5 Å². The van der Waals surface area contributed by atoms with Gasteiger partial charge in [-0.2, -0.15) is 0 Å². The van der Waals surface area contributed by atoms with Gasteiger partial charge in [0.2, 0.25) is 0 Å². The van der Waals surface area contributed by atoms with Crippen molar-refractivity contribution in [2.75, 3.05) is 19.6 Å². The number of piperidine rings is 1. The van der Waals surface area contributed by atoms with Crippen LogP contribution < -0.4 is 0 Å². The molecule has 0 aromatic heterocycles. The number of benzene rings is 1. The van der Waals surface area contributed by atoms with Gasteiger partial charge in [-0.05, 0) is 47.4 Å². The molecule has 3 atom stereocenters. The molecule has 3 rings (SSSR count). The SMILES string of the molecule is OC1(Cc2c(F)ccc(Br)c2F)CCN2CCC1C2. The molecule has 1 aromatic rings. The fraction of sp³-hybridized carbons (Fsp3) is 0.571. The number of aliphatic hydroxyl groups is 1. The highest BCUT2D eigenvalue weighted by atomic mass is 79.9. The monoisotopic (exact) mass is 331 g/mol. The molecule has 2 aliphatic heterocycles. The summed E-state index contributed by atoms with van der Waals surface area (Å²) < 4.78 is 28.1. The molecule has 2 saturated heterocycles. The first-order valence-electron chi connectivity index (χ1n) is 6.57. The third kappa shape index (κ3) is 2.32. The van der Waals surface area contributed by atoms with Crippen molar-refractivity contribution >= 4 is 15.9 Å². The van der Waals surface area contributed by atoms with Gasteiger partial charge in [0.05, 0.1) is 10.1 Å². The molecular formula is C14H16BrF2NO. The van der Waals surface area contributed by atoms with Gasteiger partial charge < -0.3 is 10.0 Å². The smallest absolute Gasteiger partial charge is 0.143 e. The Hall–Kier alpha value is -0.520. The van der Waals surface area contributed by atoms with Crippen molar-refractivity contribution in [1.29, 1.82) is 0 Å². The number of nitrogens with zero attached hydrogens (tertiary/aromatic N) is 1. The summed E-state index contributed by atoms with van der Waals surface area (Å²) in [6.07, 6.45) is 1.55. The predicted octanol–water partition coefficient (Wildman–Crippen LogP) is 2.73. The van der Waals surface area contributed by atoms with Crippen LogP contribution in [0, 0.1) is 17.6 Å². The first kappa shape index (κ1) is 13.5. The lowest BCUT2D eigenvalue weighted by atomic mass is 9.77. The Bertz CT molecular complexity index is 510. The summed E-state index contributed by atoms with van der Waals surface area (Å²) in [5.41, 5.74) is -0.979. The Morgan fingerprint density at radius 1 is 1.37 bits per heavy atom. The van der Waals surface area contributed by atoms with Crippen LogP contribution in [0.4, 0.5) is 8.78 Å². The van der Waals surface area contributed by atoms with E-state index in [1.54, 1.807) is 0 Å². The summed E-state index contributed by atoms with van der Waals surface area (Å²) in [6.45, 7) is 2.63. The van der Waals surface area contributed by atoms with E-state index in [9.17, 15) is 13.9 Å². The van der Waals surface area contributed by atoms with E-state index in [2.05, 4.69) is 20.8 Å². The molecule has 1 aromatic carbocycles. The summed E-state index contributed by atoms with van der Waals surface area (Å²) in [5, 5.41) is 10.8. The molecule has 2 nitrogen and oxygen atoms in total. The molecule has 0 spiro atoms. The highest BCUT2D eigenvalue weighted by Gasteiger charge is 2.45. The van der Waals surface area contributed by atoms with E-state index in [1.165, 1.54) is 12.1 Å². The van der Waals surface area contributed by atoms with Gasteiger partial charge in [0.1, 0.15) is 11.6 Å². The fourth-order valence-corrected chi connectivity index (χ4v) is 3.67. The van der Waals surface area contributed by atoms with Crippen molar-refractivity contribution < 1.29 is 13.9 Å². The minimum Gasteiger partial charge on any atom is -0.389 e. The summed E-state index contributed by atoms with van der Waals surface area (Å²) in [7, 11) is 0. The van der Waals surface area contributed by atoms with Crippen LogP contribution in [0.25, 0.3) is 0 Å². The molecule has 5 heteroatoms. The van der Waals surface area contributed by atoms with E-state index in [-0.39, 0.29) is 22.4 Å². The lowest BCUT2D eigenvalue weighted by Gasteiger charge is -2.39. The minimum absolute atomic E-state index is 0.00257. The number of hydrogen-bond donors (Lipinski definition) is 1. The maximum atomic E-state index is 14.0. The lowest BCUT2D eigenvalue weighted by molar-refractivity contribution is -0.0450. The first-order chi connectivity index (χ1) is 8.99. The standard InChI is InChI=1S/C14H16BrF2NO/c15-11-1-2-12(16)10(13(11)17)7-14(19)4-6-18-5-3-9(14)8-18/h1-2,9,19H,3-8H2. The van der Waals surface area contributed by atoms with Gasteiger partial charge in [-0.15, -0.1) is 0 Å². The third-order valence-corrected chi connectivity index (χ3v) is 5.13. The van der Waals surface area contributed by atoms with E-state index >= 15 is 0 Å². The van der Waals surface area contributed by atoms with Crippen LogP contribution in [-0.2, 0) is 6.42 Å². The largest absolute Gasteiger partial charge is 0.389 e. The quantitative estimate of drug-likeness (QED) is 0.842. The number of rotatable bonds is 2. The van der Waals surface area contributed by atoms with Gasteiger partial charge >= 0.3 is 0 Å². The molecule has 3 unspecified atom stereocenters. The molecule has 2 bridgehead atoms. The van der Waals surface area contributed by atoms with Crippen molar-refractivity contribution in [3.8, 4) is 0 Å². The average molecular weight is 332 g/mol. The van der Waals surface area contributed by atoms with Crippen LogP contribution in [0.2, 0.25) is 0 Å². The Labute approximate surface area is 119 Å². The maximum absolute atomic E-state index is 14.0. The second-order valence-corrected chi connectivity index (χ2v) is 6.49. The zero-order chi connectivity index (χ0) is 13.6. The van der Waals surface area contributed by atoms with Crippen molar-refractivity contribution in [2.24, 2.45) is 5.92 Å². The zero-order valence-corrected chi connectivity index (χ0v) is 12.1. The molecule has 2 aliphatic rings. The van der Waals surface area contributed by atoms with Crippen LogP contribution in [0.1, 0.15) is 18.4 Å². The van der Waals surface area contributed by atoms with Crippen LogP contribution in [0.15, 0.2) is 16.6 Å². The molecule has 2 fully saturated rings. The van der Waals surface area contributed by atoms with Crippen LogP contribution in [0.3, 0.4) is 0 Å². The normalized spacial score (nSPS) is 33.7. The fourth-order valence-electron chi connectivity index (χ4n) is 3.30. The predicted molar refractivity (Wildman–Crippen MR) is 71.9 cm³/mol. The first-order valence-corrected chi connectivity index (χ1v) is 7.36. The number of hydrogen-bond acceptors (Lipinski definition) is 2. The Morgan fingerprint density at radius 2 is 2.16 bits per heavy atom. The van der Waals surface area contributed by atoms with Gasteiger partial charge in [0, 0.05) is 31.0 Å². The molecule has 0 amide bonds. The second kappa shape index (κ2) is 4.79. The summed E-state index contributed by atoms with van der Waals surface area (Å²) in [4.78, 5) is 2.30. The molecule has 0 radical (unpaired) electrons. The van der Waals surface area contributed by atoms with Crippen molar-refractivity contribution in [2.45, 2.75) is 24.9 Å². The number of fused-ring (bicyclic) bond motifs is 2. The van der Waals surface area contributed by atoms with Gasteiger partial charge in [0.15, 0.2) is 0 Å². The van der Waals surface area contributed by atoms with Gasteiger partial charge in [-0.3, -0.25) is 0 Å². The van der Waals surface area contributed by atoms with Crippen molar-refractivity contribution in [3.05, 3.63) is 33.8 Å². The maximum Gasteiger partial charge on any atom is 0.143 e. The van der Waals surface area contributed by atoms with E-state index in [0.29, 0.717) is 6.42 Å². The molecule has 2 heterocycles. The molecule has 1 N–H and O–H groups in total. The van der Waals surface area contributed by atoms with Crippen molar-refractivity contribution in [1.82, 2.24) is 4.90 Å². The number of halogens is 3. The second-order valence-electron chi connectivity index (χ2n) is 5.64. The summed E-state index contributed by atoms with van der Waals surface area (Å²) >= 11 is 3.07. The molecule has 0 saturated carbocycles. The molecule has 0 aliphatic carbocycles. The third-order valence-electron chi connectivity index (χ3n) is 4.52. The van der Waals surface area contributed by atoms with E-state index in [0.717, 1.165) is 26.1 Å². The van der Waals surface area contributed by atoms with Crippen LogP contribution >= 0.6 is 15.9 Å². The highest BCUT2D eigenvalue weighted by Crippen LogP contribution is 2.39. The molecule has 104 valence electrons. The van der Waals surface area contributed by atoms with Crippen molar-refractivity contribution in [3.63, 3.8) is 0 Å². The molecule has 19 heavy (non-hydrogen) atoms. The minimum atomic E-state index is -0.977. The van der Waals surface area contributed by atoms with E-state index < -0.39 is 17.2 Å².